The lowest BCUT2D eigenvalue weighted by molar-refractivity contribution is -0.123. The van der Waals surface area contributed by atoms with E-state index < -0.39 is 5.41 Å². The van der Waals surface area contributed by atoms with E-state index in [0.29, 0.717) is 5.82 Å². The number of hydrogen-bond donors (Lipinski definition) is 1. The van der Waals surface area contributed by atoms with Crippen molar-refractivity contribution in [1.82, 2.24) is 20.1 Å². The van der Waals surface area contributed by atoms with Crippen LogP contribution in [0.3, 0.4) is 0 Å². The van der Waals surface area contributed by atoms with Crippen molar-refractivity contribution < 1.29 is 14.0 Å². The third kappa shape index (κ3) is 5.65. The van der Waals surface area contributed by atoms with Gasteiger partial charge >= 0.3 is 0 Å². The molecule has 0 fully saturated rings. The lowest BCUT2D eigenvalue weighted by Gasteiger charge is -2.24. The molecule has 7 nitrogen and oxygen atoms in total. The Hall–Kier alpha value is -3.98. The average molecular weight is 558 g/mol. The Bertz CT molecular complexity index is 1550. The first-order valence-electron chi connectivity index (χ1n) is 13.2. The van der Waals surface area contributed by atoms with E-state index in [2.05, 4.69) is 31.1 Å². The smallest absolute Gasteiger partial charge is 0.240 e. The fourth-order valence-corrected chi connectivity index (χ4v) is 6.05. The second kappa shape index (κ2) is 11.3. The quantitative estimate of drug-likeness (QED) is 0.339. The SMILES string of the molecule is Cc1ccccc1-n1nc(C(C)(C)C)c2c1N(CC(=O)NCc1ccccn1)C(=O)CSC2c1cccc(F)c1. The number of thioether (sulfide) groups is 1. The largest absolute Gasteiger partial charge is 0.349 e. The number of aryl methyl sites for hydroxylation is 1. The number of rotatable bonds is 6. The molecule has 2 aromatic carbocycles. The van der Waals surface area contributed by atoms with Gasteiger partial charge in [-0.25, -0.2) is 9.07 Å². The molecule has 206 valence electrons. The summed E-state index contributed by atoms with van der Waals surface area (Å²) in [7, 11) is 0. The Morgan fingerprint density at radius 3 is 2.58 bits per heavy atom. The molecule has 1 aliphatic rings. The van der Waals surface area contributed by atoms with Crippen LogP contribution in [0.25, 0.3) is 5.69 Å². The number of carbonyl (C=O) groups is 2. The summed E-state index contributed by atoms with van der Waals surface area (Å²) in [5.41, 5.74) is 4.46. The zero-order chi connectivity index (χ0) is 28.4. The van der Waals surface area contributed by atoms with Crippen molar-refractivity contribution in [1.29, 1.82) is 0 Å². The van der Waals surface area contributed by atoms with Crippen molar-refractivity contribution in [3.8, 4) is 5.69 Å². The molecule has 1 atom stereocenters. The molecule has 40 heavy (non-hydrogen) atoms. The van der Waals surface area contributed by atoms with E-state index in [1.807, 2.05) is 55.5 Å². The first-order chi connectivity index (χ1) is 19.1. The summed E-state index contributed by atoms with van der Waals surface area (Å²) in [4.78, 5) is 32.8. The van der Waals surface area contributed by atoms with Crippen molar-refractivity contribution in [3.05, 3.63) is 107 Å². The third-order valence-electron chi connectivity index (χ3n) is 6.79. The van der Waals surface area contributed by atoms with Gasteiger partial charge in [-0.15, -0.1) is 11.8 Å². The lowest BCUT2D eigenvalue weighted by atomic mass is 9.87. The molecule has 0 saturated heterocycles. The number of anilines is 1. The van der Waals surface area contributed by atoms with Gasteiger partial charge in [0.05, 0.1) is 34.6 Å². The maximum absolute atomic E-state index is 14.4. The first-order valence-corrected chi connectivity index (χ1v) is 14.2. The number of aromatic nitrogens is 3. The number of nitrogens with one attached hydrogen (secondary N) is 1. The molecular formula is C31H32FN5O2S. The second-order valence-corrected chi connectivity index (χ2v) is 12.0. The van der Waals surface area contributed by atoms with Gasteiger partial charge in [0, 0.05) is 17.2 Å². The maximum atomic E-state index is 14.4. The molecule has 0 saturated carbocycles. The summed E-state index contributed by atoms with van der Waals surface area (Å²) < 4.78 is 16.2. The minimum Gasteiger partial charge on any atom is -0.349 e. The van der Waals surface area contributed by atoms with E-state index in [1.165, 1.54) is 28.8 Å². The van der Waals surface area contributed by atoms with Crippen LogP contribution in [0.1, 0.15) is 54.1 Å². The molecule has 5 rings (SSSR count). The Kier molecular flexibility index (Phi) is 7.76. The van der Waals surface area contributed by atoms with E-state index in [4.69, 9.17) is 5.10 Å². The molecule has 1 aliphatic heterocycles. The Labute approximate surface area is 237 Å². The predicted molar refractivity (Wildman–Crippen MR) is 156 cm³/mol. The molecule has 1 N–H and O–H groups in total. The number of hydrogen-bond acceptors (Lipinski definition) is 5. The molecule has 0 aliphatic carbocycles. The maximum Gasteiger partial charge on any atom is 0.240 e. The molecule has 2 amide bonds. The zero-order valence-corrected chi connectivity index (χ0v) is 23.8. The summed E-state index contributed by atoms with van der Waals surface area (Å²) in [5, 5.41) is 7.63. The van der Waals surface area contributed by atoms with Crippen LogP contribution in [-0.2, 0) is 21.5 Å². The van der Waals surface area contributed by atoms with Gasteiger partial charge in [-0.1, -0.05) is 57.2 Å². The van der Waals surface area contributed by atoms with Gasteiger partial charge in [0.15, 0.2) is 0 Å². The van der Waals surface area contributed by atoms with Gasteiger partial charge in [-0.05, 0) is 48.4 Å². The fraction of sp³-hybridized carbons (Fsp3) is 0.290. The van der Waals surface area contributed by atoms with Crippen LogP contribution in [0.5, 0.6) is 0 Å². The summed E-state index contributed by atoms with van der Waals surface area (Å²) in [5.74, 6) is -0.204. The molecular weight excluding hydrogens is 525 g/mol. The number of amides is 2. The number of carbonyl (C=O) groups excluding carboxylic acids is 2. The second-order valence-electron chi connectivity index (χ2n) is 10.9. The van der Waals surface area contributed by atoms with Crippen LogP contribution in [0.15, 0.2) is 72.9 Å². The standard InChI is InChI=1S/C31H32FN5O2S/c1-20-10-5-6-14-24(20)37-30-27(29(35-37)31(2,3)4)28(21-11-9-12-22(32)16-21)40-19-26(39)36(30)18-25(38)34-17-23-13-7-8-15-33-23/h5-16,28H,17-19H2,1-4H3,(H,34,38). The van der Waals surface area contributed by atoms with Crippen molar-refractivity contribution in [2.45, 2.75) is 44.9 Å². The highest BCUT2D eigenvalue weighted by Crippen LogP contribution is 2.48. The van der Waals surface area contributed by atoms with Gasteiger partial charge in [0.25, 0.3) is 0 Å². The van der Waals surface area contributed by atoms with E-state index >= 15 is 0 Å². The number of halogens is 1. The third-order valence-corrected chi connectivity index (χ3v) is 8.04. The van der Waals surface area contributed by atoms with Gasteiger partial charge in [0.1, 0.15) is 18.2 Å². The molecule has 0 bridgehead atoms. The summed E-state index contributed by atoms with van der Waals surface area (Å²) in [6.07, 6.45) is 1.67. The van der Waals surface area contributed by atoms with E-state index in [9.17, 15) is 14.0 Å². The Balaban J connectivity index is 1.67. The molecule has 2 aromatic heterocycles. The molecule has 0 radical (unpaired) electrons. The van der Waals surface area contributed by atoms with Crippen molar-refractivity contribution in [2.24, 2.45) is 0 Å². The van der Waals surface area contributed by atoms with E-state index in [0.717, 1.165) is 33.8 Å². The monoisotopic (exact) mass is 557 g/mol. The van der Waals surface area contributed by atoms with Gasteiger partial charge in [0.2, 0.25) is 11.8 Å². The predicted octanol–water partition coefficient (Wildman–Crippen LogP) is 5.50. The van der Waals surface area contributed by atoms with E-state index in [-0.39, 0.29) is 41.7 Å². The lowest BCUT2D eigenvalue weighted by Crippen LogP contribution is -2.42. The highest BCUT2D eigenvalue weighted by atomic mass is 32.2. The van der Waals surface area contributed by atoms with Crippen LogP contribution in [0.4, 0.5) is 10.2 Å². The highest BCUT2D eigenvalue weighted by molar-refractivity contribution is 8.00. The number of para-hydroxylation sites is 1. The van der Waals surface area contributed by atoms with Crippen molar-refractivity contribution in [3.63, 3.8) is 0 Å². The Morgan fingerprint density at radius 1 is 1.10 bits per heavy atom. The fourth-order valence-electron chi connectivity index (χ4n) is 4.87. The number of benzene rings is 2. The zero-order valence-electron chi connectivity index (χ0n) is 23.0. The average Bonchev–Trinajstić information content (AvgIpc) is 3.26. The van der Waals surface area contributed by atoms with Crippen LogP contribution >= 0.6 is 11.8 Å². The van der Waals surface area contributed by atoms with Crippen molar-refractivity contribution in [2.75, 3.05) is 17.2 Å². The van der Waals surface area contributed by atoms with Crippen LogP contribution < -0.4 is 10.2 Å². The van der Waals surface area contributed by atoms with E-state index in [1.54, 1.807) is 16.9 Å². The molecule has 4 aromatic rings. The normalized spacial score (nSPS) is 15.5. The van der Waals surface area contributed by atoms with Gasteiger partial charge in [-0.3, -0.25) is 19.5 Å². The first kappa shape index (κ1) is 27.6. The summed E-state index contributed by atoms with van der Waals surface area (Å²) >= 11 is 1.43. The minimum atomic E-state index is -0.398. The molecule has 0 spiro atoms. The minimum absolute atomic E-state index is 0.126. The molecule has 9 heteroatoms. The van der Waals surface area contributed by atoms with Crippen molar-refractivity contribution >= 4 is 29.4 Å². The van der Waals surface area contributed by atoms with Crippen LogP contribution in [-0.4, -0.2) is 38.9 Å². The van der Waals surface area contributed by atoms with Gasteiger partial charge in [-0.2, -0.15) is 5.10 Å². The Morgan fingerprint density at radius 2 is 1.88 bits per heavy atom. The summed E-state index contributed by atoms with van der Waals surface area (Å²) in [6.45, 7) is 8.27. The number of fused-ring (bicyclic) bond motifs is 1. The molecule has 3 heterocycles. The highest BCUT2D eigenvalue weighted by Gasteiger charge is 2.40. The number of pyridine rings is 1. The number of nitrogens with zero attached hydrogens (tertiary/aromatic N) is 4. The van der Waals surface area contributed by atoms with Crippen LogP contribution in [0.2, 0.25) is 0 Å². The topological polar surface area (TPSA) is 80.1 Å². The van der Waals surface area contributed by atoms with Gasteiger partial charge < -0.3 is 5.32 Å². The van der Waals surface area contributed by atoms with Crippen LogP contribution in [0, 0.1) is 12.7 Å². The molecule has 1 unspecified atom stereocenters. The summed E-state index contributed by atoms with van der Waals surface area (Å²) in [6, 6.07) is 19.8.